The second-order valence-electron chi connectivity index (χ2n) is 5.16. The van der Waals surface area contributed by atoms with Crippen LogP contribution in [0.5, 0.6) is 0 Å². The van der Waals surface area contributed by atoms with E-state index in [9.17, 15) is 4.79 Å². The molecule has 0 saturated carbocycles. The van der Waals surface area contributed by atoms with Crippen LogP contribution in [0.25, 0.3) is 10.9 Å². The number of rotatable bonds is 2. The zero-order valence-electron chi connectivity index (χ0n) is 12.1. The molecule has 1 N–H and O–H groups in total. The summed E-state index contributed by atoms with van der Waals surface area (Å²) >= 11 is 0. The van der Waals surface area contributed by atoms with Gasteiger partial charge in [0.25, 0.3) is 5.91 Å². The normalized spacial score (nSPS) is 10.6. The number of nitrogens with one attached hydrogen (secondary N) is 1. The van der Waals surface area contributed by atoms with Crippen molar-refractivity contribution in [1.82, 2.24) is 4.98 Å². The topological polar surface area (TPSA) is 42.0 Å². The van der Waals surface area contributed by atoms with Crippen LogP contribution in [0, 0.1) is 13.8 Å². The van der Waals surface area contributed by atoms with Crippen molar-refractivity contribution in [2.24, 2.45) is 0 Å². The molecule has 0 aliphatic rings. The van der Waals surface area contributed by atoms with Crippen molar-refractivity contribution in [2.75, 3.05) is 5.32 Å². The van der Waals surface area contributed by atoms with E-state index in [1.54, 1.807) is 6.07 Å². The molecule has 0 aliphatic heterocycles. The van der Waals surface area contributed by atoms with Crippen LogP contribution < -0.4 is 5.32 Å². The van der Waals surface area contributed by atoms with Crippen LogP contribution >= 0.6 is 0 Å². The van der Waals surface area contributed by atoms with E-state index < -0.39 is 0 Å². The minimum Gasteiger partial charge on any atom is -0.320 e. The van der Waals surface area contributed by atoms with Gasteiger partial charge in [-0.1, -0.05) is 42.0 Å². The van der Waals surface area contributed by atoms with Crippen LogP contribution in [-0.4, -0.2) is 10.9 Å². The Kier molecular flexibility index (Phi) is 3.40. The van der Waals surface area contributed by atoms with Crippen LogP contribution in [0.1, 0.15) is 21.6 Å². The molecule has 0 atom stereocenters. The standard InChI is InChI=1S/C18H16N2O/c1-12-7-9-15(13(2)11-12)20-18(21)17-10-8-14-5-3-4-6-16(14)19-17/h3-11H,1-2H3,(H,20,21). The lowest BCUT2D eigenvalue weighted by Gasteiger charge is -2.09. The number of para-hydroxylation sites is 1. The lowest BCUT2D eigenvalue weighted by atomic mass is 10.1. The van der Waals surface area contributed by atoms with Crippen molar-refractivity contribution >= 4 is 22.5 Å². The number of carbonyl (C=O) groups excluding carboxylic acids is 1. The second-order valence-corrected chi connectivity index (χ2v) is 5.16. The van der Waals surface area contributed by atoms with E-state index in [0.717, 1.165) is 22.2 Å². The molecule has 0 saturated heterocycles. The highest BCUT2D eigenvalue weighted by atomic mass is 16.1. The van der Waals surface area contributed by atoms with Crippen molar-refractivity contribution in [3.8, 4) is 0 Å². The van der Waals surface area contributed by atoms with Gasteiger partial charge in [-0.05, 0) is 37.6 Å². The van der Waals surface area contributed by atoms with Crippen molar-refractivity contribution < 1.29 is 4.79 Å². The largest absolute Gasteiger partial charge is 0.320 e. The number of amides is 1. The van der Waals surface area contributed by atoms with E-state index in [2.05, 4.69) is 10.3 Å². The monoisotopic (exact) mass is 276 g/mol. The molecule has 3 rings (SSSR count). The Morgan fingerprint density at radius 3 is 2.62 bits per heavy atom. The van der Waals surface area contributed by atoms with Crippen LogP contribution in [0.4, 0.5) is 5.69 Å². The molecular weight excluding hydrogens is 260 g/mol. The SMILES string of the molecule is Cc1ccc(NC(=O)c2ccc3ccccc3n2)c(C)c1. The fourth-order valence-electron chi connectivity index (χ4n) is 2.33. The van der Waals surface area contributed by atoms with Crippen LogP contribution in [0.2, 0.25) is 0 Å². The number of carbonyl (C=O) groups is 1. The van der Waals surface area contributed by atoms with Gasteiger partial charge in [0.2, 0.25) is 0 Å². The average molecular weight is 276 g/mol. The molecule has 3 heteroatoms. The minimum absolute atomic E-state index is 0.187. The summed E-state index contributed by atoms with van der Waals surface area (Å²) in [7, 11) is 0. The number of anilines is 1. The summed E-state index contributed by atoms with van der Waals surface area (Å²) in [4.78, 5) is 16.7. The van der Waals surface area contributed by atoms with Gasteiger partial charge in [-0.15, -0.1) is 0 Å². The maximum absolute atomic E-state index is 12.3. The molecule has 1 heterocycles. The first-order chi connectivity index (χ1) is 10.1. The summed E-state index contributed by atoms with van der Waals surface area (Å²) in [5.74, 6) is -0.187. The lowest BCUT2D eigenvalue weighted by molar-refractivity contribution is 0.102. The third-order valence-electron chi connectivity index (χ3n) is 3.46. The third-order valence-corrected chi connectivity index (χ3v) is 3.46. The van der Waals surface area contributed by atoms with Crippen molar-refractivity contribution in [2.45, 2.75) is 13.8 Å². The molecule has 21 heavy (non-hydrogen) atoms. The Morgan fingerprint density at radius 1 is 1.00 bits per heavy atom. The molecule has 3 nitrogen and oxygen atoms in total. The molecule has 0 bridgehead atoms. The van der Waals surface area contributed by atoms with E-state index in [1.165, 1.54) is 5.56 Å². The minimum atomic E-state index is -0.187. The van der Waals surface area contributed by atoms with Gasteiger partial charge in [-0.3, -0.25) is 4.79 Å². The number of pyridine rings is 1. The maximum atomic E-state index is 12.3. The summed E-state index contributed by atoms with van der Waals surface area (Å²) in [6, 6.07) is 17.4. The van der Waals surface area contributed by atoms with Crippen molar-refractivity contribution in [3.63, 3.8) is 0 Å². The molecule has 0 aliphatic carbocycles. The average Bonchev–Trinajstić information content (AvgIpc) is 2.49. The van der Waals surface area contributed by atoms with E-state index in [0.29, 0.717) is 5.69 Å². The molecule has 1 amide bonds. The van der Waals surface area contributed by atoms with Gasteiger partial charge < -0.3 is 5.32 Å². The first-order valence-corrected chi connectivity index (χ1v) is 6.88. The van der Waals surface area contributed by atoms with E-state index in [1.807, 2.05) is 62.4 Å². The number of nitrogens with zero attached hydrogens (tertiary/aromatic N) is 1. The summed E-state index contributed by atoms with van der Waals surface area (Å²) < 4.78 is 0. The van der Waals surface area contributed by atoms with Gasteiger partial charge in [-0.2, -0.15) is 0 Å². The Labute approximate surface area is 123 Å². The van der Waals surface area contributed by atoms with E-state index >= 15 is 0 Å². The number of benzene rings is 2. The number of hydrogen-bond acceptors (Lipinski definition) is 2. The molecule has 1 aromatic heterocycles. The number of hydrogen-bond donors (Lipinski definition) is 1. The highest BCUT2D eigenvalue weighted by Gasteiger charge is 2.09. The zero-order valence-corrected chi connectivity index (χ0v) is 12.1. The first kappa shape index (κ1) is 13.3. The highest BCUT2D eigenvalue weighted by Crippen LogP contribution is 2.18. The Bertz CT molecular complexity index is 824. The molecule has 0 radical (unpaired) electrons. The number of fused-ring (bicyclic) bond motifs is 1. The van der Waals surface area contributed by atoms with Crippen LogP contribution in [0.3, 0.4) is 0 Å². The predicted octanol–water partition coefficient (Wildman–Crippen LogP) is 4.10. The molecule has 0 unspecified atom stereocenters. The summed E-state index contributed by atoms with van der Waals surface area (Å²) in [6.07, 6.45) is 0. The van der Waals surface area contributed by atoms with Gasteiger partial charge in [0, 0.05) is 11.1 Å². The Morgan fingerprint density at radius 2 is 1.81 bits per heavy atom. The van der Waals surface area contributed by atoms with E-state index in [4.69, 9.17) is 0 Å². The van der Waals surface area contributed by atoms with Gasteiger partial charge in [-0.25, -0.2) is 4.98 Å². The molecule has 3 aromatic rings. The summed E-state index contributed by atoms with van der Waals surface area (Å²) in [5.41, 5.74) is 4.29. The molecule has 0 fully saturated rings. The van der Waals surface area contributed by atoms with Crippen LogP contribution in [-0.2, 0) is 0 Å². The smallest absolute Gasteiger partial charge is 0.274 e. The Hall–Kier alpha value is -2.68. The molecule has 2 aromatic carbocycles. The molecule has 104 valence electrons. The highest BCUT2D eigenvalue weighted by molar-refractivity contribution is 6.04. The predicted molar refractivity (Wildman–Crippen MR) is 85.6 cm³/mol. The van der Waals surface area contributed by atoms with Gasteiger partial charge >= 0.3 is 0 Å². The zero-order chi connectivity index (χ0) is 14.8. The third kappa shape index (κ3) is 2.77. The lowest BCUT2D eigenvalue weighted by Crippen LogP contribution is -2.14. The first-order valence-electron chi connectivity index (χ1n) is 6.88. The maximum Gasteiger partial charge on any atom is 0.274 e. The molecular formula is C18H16N2O. The molecule has 0 spiro atoms. The van der Waals surface area contributed by atoms with Gasteiger partial charge in [0.05, 0.1) is 5.52 Å². The quantitative estimate of drug-likeness (QED) is 0.765. The second kappa shape index (κ2) is 5.37. The Balaban J connectivity index is 1.89. The van der Waals surface area contributed by atoms with Crippen LogP contribution in [0.15, 0.2) is 54.6 Å². The van der Waals surface area contributed by atoms with Gasteiger partial charge in [0.1, 0.15) is 5.69 Å². The number of aryl methyl sites for hydroxylation is 2. The number of aromatic nitrogens is 1. The fourth-order valence-corrected chi connectivity index (χ4v) is 2.33. The summed E-state index contributed by atoms with van der Waals surface area (Å²) in [5, 5.41) is 3.95. The van der Waals surface area contributed by atoms with Crippen molar-refractivity contribution in [1.29, 1.82) is 0 Å². The van der Waals surface area contributed by atoms with Gasteiger partial charge in [0.15, 0.2) is 0 Å². The summed E-state index contributed by atoms with van der Waals surface area (Å²) in [6.45, 7) is 4.01. The van der Waals surface area contributed by atoms with Crippen molar-refractivity contribution in [3.05, 3.63) is 71.4 Å². The van der Waals surface area contributed by atoms with E-state index in [-0.39, 0.29) is 5.91 Å². The fraction of sp³-hybridized carbons (Fsp3) is 0.111.